The van der Waals surface area contributed by atoms with Crippen LogP contribution in [0.2, 0.25) is 0 Å². The lowest BCUT2D eigenvalue weighted by Gasteiger charge is -2.00. The molecule has 2 aromatic carbocycles. The van der Waals surface area contributed by atoms with E-state index in [0.29, 0.717) is 21.2 Å². The SMILES string of the molecule is CNC(=O)c1ccc(C#Cc2ccc(Br)c(C(N)=O)c2)cc1. The van der Waals surface area contributed by atoms with Crippen molar-refractivity contribution >= 4 is 27.7 Å². The molecule has 0 aliphatic carbocycles. The minimum Gasteiger partial charge on any atom is -0.366 e. The van der Waals surface area contributed by atoms with Crippen LogP contribution in [-0.2, 0) is 0 Å². The minimum absolute atomic E-state index is 0.140. The number of rotatable bonds is 2. The zero-order valence-electron chi connectivity index (χ0n) is 11.8. The Hall–Kier alpha value is -2.58. The third kappa shape index (κ3) is 3.74. The first-order valence-corrected chi connectivity index (χ1v) is 7.24. The Kier molecular flexibility index (Phi) is 4.97. The van der Waals surface area contributed by atoms with Crippen molar-refractivity contribution in [2.24, 2.45) is 5.73 Å². The molecule has 0 unspecified atom stereocenters. The molecular weight excluding hydrogens is 344 g/mol. The van der Waals surface area contributed by atoms with Gasteiger partial charge in [0.1, 0.15) is 0 Å². The summed E-state index contributed by atoms with van der Waals surface area (Å²) >= 11 is 3.27. The molecule has 3 N–H and O–H groups in total. The fraction of sp³-hybridized carbons (Fsp3) is 0.0588. The fourth-order valence-electron chi connectivity index (χ4n) is 1.79. The van der Waals surface area contributed by atoms with E-state index in [1.165, 1.54) is 0 Å². The largest absolute Gasteiger partial charge is 0.366 e. The predicted molar refractivity (Wildman–Crippen MR) is 88.5 cm³/mol. The first-order chi connectivity index (χ1) is 10.5. The van der Waals surface area contributed by atoms with Crippen molar-refractivity contribution in [2.75, 3.05) is 7.05 Å². The van der Waals surface area contributed by atoms with Gasteiger partial charge in [-0.15, -0.1) is 0 Å². The van der Waals surface area contributed by atoms with E-state index in [2.05, 4.69) is 33.1 Å². The van der Waals surface area contributed by atoms with E-state index < -0.39 is 5.91 Å². The molecule has 0 aliphatic rings. The lowest BCUT2D eigenvalue weighted by molar-refractivity contribution is 0.0961. The number of amides is 2. The number of hydrogen-bond donors (Lipinski definition) is 2. The molecule has 0 saturated heterocycles. The average Bonchev–Trinajstić information content (AvgIpc) is 2.53. The maximum atomic E-state index is 11.4. The monoisotopic (exact) mass is 356 g/mol. The number of carbonyl (C=O) groups excluding carboxylic acids is 2. The third-order valence-corrected chi connectivity index (χ3v) is 3.65. The highest BCUT2D eigenvalue weighted by atomic mass is 79.9. The minimum atomic E-state index is -0.509. The fourth-order valence-corrected chi connectivity index (χ4v) is 2.23. The maximum Gasteiger partial charge on any atom is 0.251 e. The summed E-state index contributed by atoms with van der Waals surface area (Å²) in [5.74, 6) is 5.30. The summed E-state index contributed by atoms with van der Waals surface area (Å²) in [6.07, 6.45) is 0. The van der Waals surface area contributed by atoms with Crippen molar-refractivity contribution in [3.63, 3.8) is 0 Å². The van der Waals surface area contributed by atoms with Crippen LogP contribution in [0.25, 0.3) is 0 Å². The highest BCUT2D eigenvalue weighted by molar-refractivity contribution is 9.10. The molecule has 0 bridgehead atoms. The highest BCUT2D eigenvalue weighted by Crippen LogP contribution is 2.17. The molecule has 110 valence electrons. The van der Waals surface area contributed by atoms with Crippen LogP contribution in [0.15, 0.2) is 46.9 Å². The second kappa shape index (κ2) is 6.92. The normalized spacial score (nSPS) is 9.55. The molecule has 0 fully saturated rings. The number of benzene rings is 2. The summed E-state index contributed by atoms with van der Waals surface area (Å²) < 4.78 is 0.639. The molecule has 4 nitrogen and oxygen atoms in total. The zero-order chi connectivity index (χ0) is 16.1. The van der Waals surface area contributed by atoms with Gasteiger partial charge in [0.15, 0.2) is 0 Å². The molecule has 0 spiro atoms. The van der Waals surface area contributed by atoms with E-state index in [4.69, 9.17) is 5.73 Å². The van der Waals surface area contributed by atoms with Crippen LogP contribution in [-0.4, -0.2) is 18.9 Å². The molecule has 0 radical (unpaired) electrons. The van der Waals surface area contributed by atoms with Crippen molar-refractivity contribution in [3.8, 4) is 11.8 Å². The first-order valence-electron chi connectivity index (χ1n) is 6.45. The Morgan fingerprint density at radius 1 is 1.05 bits per heavy atom. The standard InChI is InChI=1S/C17H13BrN2O2/c1-20-17(22)13-7-4-11(5-8-13)2-3-12-6-9-15(18)14(10-12)16(19)21/h4-10H,1H3,(H2,19,21)(H,20,22). The van der Waals surface area contributed by atoms with Gasteiger partial charge in [0.25, 0.3) is 5.91 Å². The number of halogens is 1. The van der Waals surface area contributed by atoms with E-state index in [1.807, 2.05) is 0 Å². The highest BCUT2D eigenvalue weighted by Gasteiger charge is 2.06. The van der Waals surface area contributed by atoms with Crippen LogP contribution in [0.3, 0.4) is 0 Å². The van der Waals surface area contributed by atoms with E-state index in [1.54, 1.807) is 49.5 Å². The quantitative estimate of drug-likeness (QED) is 0.810. The van der Waals surface area contributed by atoms with Gasteiger partial charge in [-0.3, -0.25) is 9.59 Å². The number of carbonyl (C=O) groups is 2. The lowest BCUT2D eigenvalue weighted by atomic mass is 10.1. The summed E-state index contributed by atoms with van der Waals surface area (Å²) in [5, 5.41) is 2.56. The summed E-state index contributed by atoms with van der Waals surface area (Å²) in [6.45, 7) is 0. The maximum absolute atomic E-state index is 11.4. The van der Waals surface area contributed by atoms with Gasteiger partial charge in [-0.25, -0.2) is 0 Å². The Balaban J connectivity index is 2.25. The Morgan fingerprint density at radius 2 is 1.64 bits per heavy atom. The van der Waals surface area contributed by atoms with Crippen molar-refractivity contribution in [1.29, 1.82) is 0 Å². The van der Waals surface area contributed by atoms with Crippen LogP contribution in [0.4, 0.5) is 0 Å². The van der Waals surface area contributed by atoms with Gasteiger partial charge >= 0.3 is 0 Å². The molecule has 0 heterocycles. The molecule has 0 saturated carbocycles. The van der Waals surface area contributed by atoms with Crippen LogP contribution in [0.5, 0.6) is 0 Å². The summed E-state index contributed by atoms with van der Waals surface area (Å²) in [7, 11) is 1.58. The van der Waals surface area contributed by atoms with Crippen molar-refractivity contribution in [3.05, 3.63) is 69.2 Å². The third-order valence-electron chi connectivity index (χ3n) is 2.96. The molecule has 0 aromatic heterocycles. The van der Waals surface area contributed by atoms with Gasteiger partial charge in [-0.05, 0) is 58.4 Å². The van der Waals surface area contributed by atoms with E-state index >= 15 is 0 Å². The van der Waals surface area contributed by atoms with E-state index in [9.17, 15) is 9.59 Å². The smallest absolute Gasteiger partial charge is 0.251 e. The Bertz CT molecular complexity index is 787. The summed E-state index contributed by atoms with van der Waals surface area (Å²) in [5.41, 5.74) is 7.72. The molecule has 2 amide bonds. The first kappa shape index (κ1) is 15.8. The molecule has 22 heavy (non-hydrogen) atoms. The van der Waals surface area contributed by atoms with Gasteiger partial charge in [0.2, 0.25) is 5.91 Å². The van der Waals surface area contributed by atoms with Crippen molar-refractivity contribution in [2.45, 2.75) is 0 Å². The van der Waals surface area contributed by atoms with Crippen molar-refractivity contribution in [1.82, 2.24) is 5.32 Å². The average molecular weight is 357 g/mol. The number of hydrogen-bond acceptors (Lipinski definition) is 2. The van der Waals surface area contributed by atoms with Crippen LogP contribution >= 0.6 is 15.9 Å². The van der Waals surface area contributed by atoms with Gasteiger partial charge in [-0.1, -0.05) is 11.8 Å². The number of nitrogens with two attached hydrogens (primary N) is 1. The molecule has 2 rings (SSSR count). The van der Waals surface area contributed by atoms with E-state index in [0.717, 1.165) is 5.56 Å². The topological polar surface area (TPSA) is 72.2 Å². The van der Waals surface area contributed by atoms with Gasteiger partial charge in [0, 0.05) is 28.2 Å². The zero-order valence-corrected chi connectivity index (χ0v) is 13.4. The predicted octanol–water partition coefficient (Wildman–Crippen LogP) is 2.31. The van der Waals surface area contributed by atoms with Crippen LogP contribution in [0, 0.1) is 11.8 Å². The number of nitrogens with one attached hydrogen (secondary N) is 1. The Morgan fingerprint density at radius 3 is 2.23 bits per heavy atom. The van der Waals surface area contributed by atoms with Gasteiger partial charge < -0.3 is 11.1 Å². The molecule has 0 aliphatic heterocycles. The van der Waals surface area contributed by atoms with Crippen LogP contribution < -0.4 is 11.1 Å². The lowest BCUT2D eigenvalue weighted by Crippen LogP contribution is -2.17. The van der Waals surface area contributed by atoms with Crippen molar-refractivity contribution < 1.29 is 9.59 Å². The second-order valence-corrected chi connectivity index (χ2v) is 5.32. The molecule has 0 atom stereocenters. The van der Waals surface area contributed by atoms with Crippen LogP contribution in [0.1, 0.15) is 31.8 Å². The summed E-state index contributed by atoms with van der Waals surface area (Å²) in [6, 6.07) is 12.1. The molecule has 5 heteroatoms. The van der Waals surface area contributed by atoms with E-state index in [-0.39, 0.29) is 5.91 Å². The van der Waals surface area contributed by atoms with Gasteiger partial charge in [0.05, 0.1) is 5.56 Å². The molecular formula is C17H13BrN2O2. The van der Waals surface area contributed by atoms with Gasteiger partial charge in [-0.2, -0.15) is 0 Å². The summed E-state index contributed by atoms with van der Waals surface area (Å²) in [4.78, 5) is 22.7. The molecule has 2 aromatic rings. The Labute approximate surface area is 136 Å². The second-order valence-electron chi connectivity index (χ2n) is 4.47. The number of primary amides is 1.